The van der Waals surface area contributed by atoms with Gasteiger partial charge in [0, 0.05) is 12.6 Å². The second kappa shape index (κ2) is 5.27. The van der Waals surface area contributed by atoms with Crippen LogP contribution >= 0.6 is 0 Å². The fourth-order valence-corrected chi connectivity index (χ4v) is 1.73. The summed E-state index contributed by atoms with van der Waals surface area (Å²) in [5.41, 5.74) is 6.10. The lowest BCUT2D eigenvalue weighted by atomic mass is 10.0. The van der Waals surface area contributed by atoms with E-state index in [2.05, 4.69) is 4.98 Å². The first-order valence-electron chi connectivity index (χ1n) is 5.50. The Morgan fingerprint density at radius 3 is 2.37 bits per heavy atom. The Morgan fingerprint density at radius 2 is 1.79 bits per heavy atom. The third-order valence-electron chi connectivity index (χ3n) is 2.67. The maximum absolute atomic E-state index is 13.0. The van der Waals surface area contributed by atoms with Crippen LogP contribution in [-0.2, 0) is 6.42 Å². The van der Waals surface area contributed by atoms with Gasteiger partial charge in [0.05, 0.1) is 6.10 Å². The minimum absolute atomic E-state index is 0.0354. The second-order valence-corrected chi connectivity index (χ2v) is 4.11. The molecule has 1 unspecified atom stereocenters. The number of aromatic nitrogens is 1. The van der Waals surface area contributed by atoms with Crippen LogP contribution in [0.25, 0.3) is 0 Å². The van der Waals surface area contributed by atoms with E-state index in [9.17, 15) is 18.3 Å². The lowest BCUT2D eigenvalue weighted by molar-refractivity contribution is 0.177. The van der Waals surface area contributed by atoms with Crippen molar-refractivity contribution in [3.63, 3.8) is 0 Å². The number of aliphatic hydroxyl groups excluding tert-OH is 1. The van der Waals surface area contributed by atoms with Crippen molar-refractivity contribution in [1.82, 2.24) is 4.98 Å². The summed E-state index contributed by atoms with van der Waals surface area (Å²) in [6, 6.07) is 4.70. The normalized spacial score (nSPS) is 12.4. The molecular weight excluding hydrogens is 257 g/mol. The number of rotatable bonds is 3. The van der Waals surface area contributed by atoms with Gasteiger partial charge in [-0.15, -0.1) is 0 Å². The minimum Gasteiger partial charge on any atom is -0.388 e. The zero-order chi connectivity index (χ0) is 14.0. The Balaban J connectivity index is 2.23. The molecule has 1 atom stereocenters. The molecule has 19 heavy (non-hydrogen) atoms. The number of nitrogens with two attached hydrogens (primary N) is 1. The molecule has 0 aliphatic carbocycles. The summed E-state index contributed by atoms with van der Waals surface area (Å²) in [4.78, 5) is 3.79. The van der Waals surface area contributed by atoms with Crippen molar-refractivity contribution in [3.8, 4) is 0 Å². The topological polar surface area (TPSA) is 59.1 Å². The van der Waals surface area contributed by atoms with Crippen LogP contribution in [-0.4, -0.2) is 10.1 Å². The van der Waals surface area contributed by atoms with Crippen molar-refractivity contribution in [2.75, 3.05) is 5.73 Å². The van der Waals surface area contributed by atoms with E-state index >= 15 is 0 Å². The first kappa shape index (κ1) is 13.4. The maximum Gasteiger partial charge on any atom is 0.194 e. The maximum atomic E-state index is 13.0. The molecule has 0 fully saturated rings. The molecule has 3 N–H and O–H groups in total. The molecular formula is C13H11F3N2O. The first-order valence-corrected chi connectivity index (χ1v) is 5.50. The highest BCUT2D eigenvalue weighted by molar-refractivity contribution is 5.33. The number of aliphatic hydroxyl groups is 1. The minimum atomic E-state index is -1.55. The molecule has 2 rings (SSSR count). The summed E-state index contributed by atoms with van der Waals surface area (Å²) in [6.45, 7) is 0. The van der Waals surface area contributed by atoms with Gasteiger partial charge in [0.25, 0.3) is 0 Å². The van der Waals surface area contributed by atoms with Crippen molar-refractivity contribution in [2.24, 2.45) is 0 Å². The van der Waals surface area contributed by atoms with Crippen LogP contribution in [0.2, 0.25) is 0 Å². The molecule has 1 aromatic heterocycles. The van der Waals surface area contributed by atoms with Crippen LogP contribution in [0.15, 0.2) is 30.5 Å². The van der Waals surface area contributed by atoms with Crippen LogP contribution in [0.5, 0.6) is 0 Å². The highest BCUT2D eigenvalue weighted by Crippen LogP contribution is 2.22. The molecule has 0 saturated heterocycles. The van der Waals surface area contributed by atoms with Gasteiger partial charge in [-0.3, -0.25) is 0 Å². The largest absolute Gasteiger partial charge is 0.388 e. The standard InChI is InChI=1S/C13H11F3N2O/c14-9-5-8(6-10(15)13(9)16)11(19)3-7-1-2-18-12(17)4-7/h1-2,4-6,11,19H,3H2,(H2,17,18). The van der Waals surface area contributed by atoms with Gasteiger partial charge in [0.1, 0.15) is 5.82 Å². The van der Waals surface area contributed by atoms with Crippen LogP contribution in [0.4, 0.5) is 19.0 Å². The van der Waals surface area contributed by atoms with E-state index < -0.39 is 23.6 Å². The highest BCUT2D eigenvalue weighted by atomic mass is 19.2. The van der Waals surface area contributed by atoms with Gasteiger partial charge in [-0.25, -0.2) is 18.2 Å². The summed E-state index contributed by atoms with van der Waals surface area (Å²) >= 11 is 0. The number of halogens is 3. The third kappa shape index (κ3) is 3.03. The lowest BCUT2D eigenvalue weighted by Gasteiger charge is -2.12. The lowest BCUT2D eigenvalue weighted by Crippen LogP contribution is -2.05. The molecule has 0 aliphatic heterocycles. The summed E-state index contributed by atoms with van der Waals surface area (Å²) < 4.78 is 38.9. The molecule has 1 aromatic carbocycles. The zero-order valence-electron chi connectivity index (χ0n) is 9.78. The summed E-state index contributed by atoms with van der Waals surface area (Å²) in [6.07, 6.45) is 0.395. The Labute approximate surface area is 107 Å². The molecule has 6 heteroatoms. The van der Waals surface area contributed by atoms with Gasteiger partial charge in [-0.05, 0) is 35.4 Å². The van der Waals surface area contributed by atoms with Crippen LogP contribution < -0.4 is 5.73 Å². The molecule has 0 spiro atoms. The van der Waals surface area contributed by atoms with Crippen molar-refractivity contribution in [1.29, 1.82) is 0 Å². The number of hydrogen-bond acceptors (Lipinski definition) is 3. The van der Waals surface area contributed by atoms with Crippen LogP contribution in [0, 0.1) is 17.5 Å². The van der Waals surface area contributed by atoms with E-state index in [1.165, 1.54) is 6.20 Å². The fourth-order valence-electron chi connectivity index (χ4n) is 1.73. The Hall–Kier alpha value is -2.08. The molecule has 0 saturated carbocycles. The first-order chi connectivity index (χ1) is 8.97. The van der Waals surface area contributed by atoms with E-state index in [0.29, 0.717) is 5.56 Å². The molecule has 2 aromatic rings. The molecule has 0 bridgehead atoms. The van der Waals surface area contributed by atoms with Crippen molar-refractivity contribution >= 4 is 5.82 Å². The van der Waals surface area contributed by atoms with Gasteiger partial charge in [-0.2, -0.15) is 0 Å². The number of nitrogen functional groups attached to an aromatic ring is 1. The SMILES string of the molecule is Nc1cc(CC(O)c2cc(F)c(F)c(F)c2)ccn1. The van der Waals surface area contributed by atoms with Gasteiger partial charge in [0.2, 0.25) is 0 Å². The van der Waals surface area contributed by atoms with Crippen LogP contribution in [0.3, 0.4) is 0 Å². The average molecular weight is 268 g/mol. The van der Waals surface area contributed by atoms with E-state index in [-0.39, 0.29) is 17.8 Å². The Morgan fingerprint density at radius 1 is 1.16 bits per heavy atom. The molecule has 3 nitrogen and oxygen atoms in total. The van der Waals surface area contributed by atoms with E-state index in [1.54, 1.807) is 12.1 Å². The summed E-state index contributed by atoms with van der Waals surface area (Å²) in [5.74, 6) is -3.93. The Kier molecular flexibility index (Phi) is 3.71. The molecule has 0 amide bonds. The van der Waals surface area contributed by atoms with Crippen LogP contribution in [0.1, 0.15) is 17.2 Å². The number of anilines is 1. The van der Waals surface area contributed by atoms with Crippen molar-refractivity contribution < 1.29 is 18.3 Å². The monoisotopic (exact) mass is 268 g/mol. The molecule has 100 valence electrons. The summed E-state index contributed by atoms with van der Waals surface area (Å²) in [7, 11) is 0. The van der Waals surface area contributed by atoms with Gasteiger partial charge < -0.3 is 10.8 Å². The van der Waals surface area contributed by atoms with E-state index in [1.807, 2.05) is 0 Å². The number of benzene rings is 1. The number of nitrogens with zero attached hydrogens (tertiary/aromatic N) is 1. The second-order valence-electron chi connectivity index (χ2n) is 4.11. The van der Waals surface area contributed by atoms with Gasteiger partial charge in [-0.1, -0.05) is 0 Å². The summed E-state index contributed by atoms with van der Waals surface area (Å²) in [5, 5.41) is 9.89. The fraction of sp³-hybridized carbons (Fsp3) is 0.154. The van der Waals surface area contributed by atoms with Crippen molar-refractivity contribution in [3.05, 3.63) is 59.0 Å². The predicted octanol–water partition coefficient (Wildman–Crippen LogP) is 2.36. The molecule has 0 aliphatic rings. The highest BCUT2D eigenvalue weighted by Gasteiger charge is 2.16. The van der Waals surface area contributed by atoms with Crippen molar-refractivity contribution in [2.45, 2.75) is 12.5 Å². The quantitative estimate of drug-likeness (QED) is 0.840. The van der Waals surface area contributed by atoms with E-state index in [4.69, 9.17) is 5.73 Å². The van der Waals surface area contributed by atoms with Gasteiger partial charge >= 0.3 is 0 Å². The van der Waals surface area contributed by atoms with Gasteiger partial charge in [0.15, 0.2) is 17.5 Å². The number of hydrogen-bond donors (Lipinski definition) is 2. The average Bonchev–Trinajstić information content (AvgIpc) is 2.35. The zero-order valence-corrected chi connectivity index (χ0v) is 9.78. The Bertz CT molecular complexity index is 581. The predicted molar refractivity (Wildman–Crippen MR) is 63.6 cm³/mol. The molecule has 0 radical (unpaired) electrons. The third-order valence-corrected chi connectivity index (χ3v) is 2.67. The molecule has 1 heterocycles. The number of pyridine rings is 1. The van der Waals surface area contributed by atoms with E-state index in [0.717, 1.165) is 12.1 Å². The smallest absolute Gasteiger partial charge is 0.194 e.